The van der Waals surface area contributed by atoms with Crippen LogP contribution in [0.25, 0.3) is 0 Å². The number of methoxy groups -OCH3 is 1. The second-order valence-electron chi connectivity index (χ2n) is 6.63. The van der Waals surface area contributed by atoms with Crippen LogP contribution in [0.5, 0.6) is 0 Å². The number of sulfonamides is 1. The Kier molecular flexibility index (Phi) is 4.15. The van der Waals surface area contributed by atoms with Crippen LogP contribution in [0.3, 0.4) is 0 Å². The molecule has 1 amide bonds. The molecule has 0 saturated heterocycles. The van der Waals surface area contributed by atoms with E-state index in [-0.39, 0.29) is 11.8 Å². The molecule has 0 saturated carbocycles. The average molecular weight is 386 g/mol. The van der Waals surface area contributed by atoms with Crippen molar-refractivity contribution in [3.05, 3.63) is 64.9 Å². The molecule has 140 valence electrons. The molecule has 1 aromatic rings. The lowest BCUT2D eigenvalue weighted by atomic mass is 9.80. The Morgan fingerprint density at radius 3 is 2.67 bits per heavy atom. The Hall–Kier alpha value is -2.87. The molecule has 2 aliphatic carbocycles. The number of carbonyl (C=O) groups excluding carboxylic acids is 2. The molecule has 0 aromatic heterocycles. The van der Waals surface area contributed by atoms with E-state index < -0.39 is 21.2 Å². The lowest BCUT2D eigenvalue weighted by Gasteiger charge is -2.32. The topological polar surface area (TPSA) is 102 Å². The van der Waals surface area contributed by atoms with Crippen molar-refractivity contribution in [1.82, 2.24) is 5.32 Å². The Morgan fingerprint density at radius 2 is 1.96 bits per heavy atom. The molecule has 7 nitrogen and oxygen atoms in total. The van der Waals surface area contributed by atoms with E-state index in [0.29, 0.717) is 29.7 Å². The van der Waals surface area contributed by atoms with Crippen LogP contribution in [-0.2, 0) is 19.6 Å². The van der Waals surface area contributed by atoms with Gasteiger partial charge in [0, 0.05) is 22.9 Å². The van der Waals surface area contributed by atoms with Gasteiger partial charge in [0.2, 0.25) is 10.0 Å². The molecule has 0 spiro atoms. The maximum atomic E-state index is 13.0. The predicted molar refractivity (Wildman–Crippen MR) is 99.2 cm³/mol. The minimum absolute atomic E-state index is 0.179. The summed E-state index contributed by atoms with van der Waals surface area (Å²) in [6.07, 6.45) is 6.28. The number of hydrogen-bond donors (Lipinski definition) is 2. The van der Waals surface area contributed by atoms with E-state index in [0.717, 1.165) is 11.3 Å². The van der Waals surface area contributed by atoms with E-state index in [2.05, 4.69) is 14.8 Å². The summed E-state index contributed by atoms with van der Waals surface area (Å²) in [5, 5.41) is 2.13. The number of nitrogens with one attached hydrogen (secondary N) is 2. The summed E-state index contributed by atoms with van der Waals surface area (Å²) in [7, 11) is -2.41. The van der Waals surface area contributed by atoms with Crippen molar-refractivity contribution in [3.8, 4) is 0 Å². The van der Waals surface area contributed by atoms with Gasteiger partial charge >= 0.3 is 5.97 Å². The number of allylic oxidation sites excluding steroid dienone is 3. The molecule has 8 heteroatoms. The van der Waals surface area contributed by atoms with E-state index in [1.165, 1.54) is 31.4 Å². The van der Waals surface area contributed by atoms with Gasteiger partial charge in [-0.3, -0.25) is 9.52 Å². The van der Waals surface area contributed by atoms with Gasteiger partial charge in [-0.2, -0.15) is 0 Å². The van der Waals surface area contributed by atoms with Crippen molar-refractivity contribution in [2.45, 2.75) is 18.1 Å². The van der Waals surface area contributed by atoms with E-state index in [4.69, 9.17) is 0 Å². The van der Waals surface area contributed by atoms with Crippen LogP contribution in [0.15, 0.2) is 59.3 Å². The molecular formula is C19H18N2O5S. The Balaban J connectivity index is 1.60. The van der Waals surface area contributed by atoms with Crippen LogP contribution in [-0.4, -0.2) is 32.7 Å². The average Bonchev–Trinajstić information content (AvgIpc) is 2.99. The number of hydrogen-bond acceptors (Lipinski definition) is 5. The summed E-state index contributed by atoms with van der Waals surface area (Å²) in [5.74, 6) is -0.932. The molecule has 1 heterocycles. The van der Waals surface area contributed by atoms with Crippen LogP contribution in [0, 0.1) is 5.92 Å². The highest BCUT2D eigenvalue weighted by Crippen LogP contribution is 2.43. The number of amides is 1. The first-order valence-electron chi connectivity index (χ1n) is 8.53. The predicted octanol–water partition coefficient (Wildman–Crippen LogP) is 1.87. The smallest absolute Gasteiger partial charge is 0.337 e. The standard InChI is InChI=1S/C19H18N2O5S/c1-26-19(23)11-5-7-12(8-6-11)21-27(24,25)16-10-9-15-17-13(16)3-2-4-14(17)18(22)20-15/h2,4-9,13,16,21H,3,10H2,1H3,(H,20,22). The third-order valence-corrected chi connectivity index (χ3v) is 6.92. The summed E-state index contributed by atoms with van der Waals surface area (Å²) in [6, 6.07) is 6.07. The molecule has 4 rings (SSSR count). The normalized spacial score (nSPS) is 23.4. The van der Waals surface area contributed by atoms with Gasteiger partial charge < -0.3 is 10.1 Å². The van der Waals surface area contributed by atoms with E-state index in [9.17, 15) is 18.0 Å². The SMILES string of the molecule is COC(=O)c1ccc(NS(=O)(=O)C2CC=C3NC(=O)C4=C3C2CC=C4)cc1. The highest BCUT2D eigenvalue weighted by atomic mass is 32.2. The van der Waals surface area contributed by atoms with Crippen molar-refractivity contribution in [2.75, 3.05) is 11.8 Å². The lowest BCUT2D eigenvalue weighted by Crippen LogP contribution is -2.38. The Morgan fingerprint density at radius 1 is 1.22 bits per heavy atom. The largest absolute Gasteiger partial charge is 0.465 e. The first-order valence-corrected chi connectivity index (χ1v) is 10.1. The second-order valence-corrected chi connectivity index (χ2v) is 8.53. The molecule has 2 unspecified atom stereocenters. The Labute approximate surface area is 156 Å². The number of ether oxygens (including phenoxy) is 1. The van der Waals surface area contributed by atoms with Crippen molar-refractivity contribution >= 4 is 27.6 Å². The van der Waals surface area contributed by atoms with Crippen molar-refractivity contribution in [2.24, 2.45) is 5.92 Å². The van der Waals surface area contributed by atoms with E-state index in [1.54, 1.807) is 12.2 Å². The Bertz CT molecular complexity index is 1020. The molecule has 2 atom stereocenters. The number of benzene rings is 1. The molecule has 0 fully saturated rings. The number of anilines is 1. The molecule has 1 aromatic carbocycles. The maximum absolute atomic E-state index is 13.0. The summed E-state index contributed by atoms with van der Waals surface area (Å²) >= 11 is 0. The maximum Gasteiger partial charge on any atom is 0.337 e. The number of rotatable bonds is 4. The van der Waals surface area contributed by atoms with E-state index >= 15 is 0 Å². The first kappa shape index (κ1) is 17.5. The van der Waals surface area contributed by atoms with Crippen LogP contribution in [0.4, 0.5) is 5.69 Å². The fraction of sp³-hybridized carbons (Fsp3) is 0.263. The zero-order valence-corrected chi connectivity index (χ0v) is 15.4. The van der Waals surface area contributed by atoms with E-state index in [1.807, 2.05) is 6.08 Å². The molecule has 2 N–H and O–H groups in total. The fourth-order valence-corrected chi connectivity index (χ4v) is 5.46. The third-order valence-electron chi connectivity index (χ3n) is 5.09. The highest BCUT2D eigenvalue weighted by Gasteiger charge is 2.44. The second kappa shape index (κ2) is 6.38. The van der Waals surface area contributed by atoms with Crippen molar-refractivity contribution in [1.29, 1.82) is 0 Å². The summed E-state index contributed by atoms with van der Waals surface area (Å²) in [4.78, 5) is 23.5. The van der Waals surface area contributed by atoms with Gasteiger partial charge in [0.05, 0.1) is 17.9 Å². The van der Waals surface area contributed by atoms with Crippen molar-refractivity contribution in [3.63, 3.8) is 0 Å². The van der Waals surface area contributed by atoms with Crippen LogP contribution >= 0.6 is 0 Å². The van der Waals surface area contributed by atoms with Gasteiger partial charge in [0.25, 0.3) is 5.91 Å². The molecule has 0 bridgehead atoms. The molecule has 27 heavy (non-hydrogen) atoms. The van der Waals surface area contributed by atoms with Gasteiger partial charge in [-0.15, -0.1) is 0 Å². The van der Waals surface area contributed by atoms with Gasteiger partial charge in [-0.1, -0.05) is 18.2 Å². The van der Waals surface area contributed by atoms with Crippen LogP contribution in [0.1, 0.15) is 23.2 Å². The molecule has 0 radical (unpaired) electrons. The summed E-state index contributed by atoms with van der Waals surface area (Å²) in [5.41, 5.74) is 2.80. The quantitative estimate of drug-likeness (QED) is 0.770. The van der Waals surface area contributed by atoms with Gasteiger partial charge in [0.15, 0.2) is 0 Å². The summed E-state index contributed by atoms with van der Waals surface area (Å²) in [6.45, 7) is 0. The molecule has 3 aliphatic rings. The lowest BCUT2D eigenvalue weighted by molar-refractivity contribution is -0.116. The number of carbonyl (C=O) groups is 2. The molecular weight excluding hydrogens is 368 g/mol. The van der Waals surface area contributed by atoms with Gasteiger partial charge in [-0.05, 0) is 42.7 Å². The minimum atomic E-state index is -3.70. The first-order chi connectivity index (χ1) is 12.9. The zero-order valence-electron chi connectivity index (χ0n) is 14.6. The van der Waals surface area contributed by atoms with Crippen molar-refractivity contribution < 1.29 is 22.7 Å². The number of esters is 1. The van der Waals surface area contributed by atoms with Gasteiger partial charge in [0.1, 0.15) is 0 Å². The van der Waals surface area contributed by atoms with Gasteiger partial charge in [-0.25, -0.2) is 13.2 Å². The highest BCUT2D eigenvalue weighted by molar-refractivity contribution is 7.93. The molecule has 1 aliphatic heterocycles. The zero-order chi connectivity index (χ0) is 19.2. The third kappa shape index (κ3) is 2.95. The minimum Gasteiger partial charge on any atom is -0.465 e. The van der Waals surface area contributed by atoms with Crippen LogP contribution < -0.4 is 10.0 Å². The summed E-state index contributed by atoms with van der Waals surface area (Å²) < 4.78 is 33.3. The fourth-order valence-electron chi connectivity index (χ4n) is 3.81. The van der Waals surface area contributed by atoms with Crippen LogP contribution in [0.2, 0.25) is 0 Å². The monoisotopic (exact) mass is 386 g/mol.